The first kappa shape index (κ1) is 18.0. The molecule has 0 saturated carbocycles. The van der Waals surface area contributed by atoms with E-state index in [0.717, 1.165) is 0 Å². The predicted molar refractivity (Wildman–Crippen MR) is 87.0 cm³/mol. The molecule has 0 bridgehead atoms. The van der Waals surface area contributed by atoms with Gasteiger partial charge in [0.2, 0.25) is 0 Å². The molecule has 7 nitrogen and oxygen atoms in total. The highest BCUT2D eigenvalue weighted by Crippen LogP contribution is 2.33. The Bertz CT molecular complexity index is 536. The van der Waals surface area contributed by atoms with Crippen LogP contribution in [0.3, 0.4) is 0 Å². The molecule has 0 spiro atoms. The summed E-state index contributed by atoms with van der Waals surface area (Å²) in [6, 6.07) is 3.15. The SMILES string of the molecule is COCCNC(=S)Nc1cc(OC)c(OC)cc1C(=O)OC. The fraction of sp³-hybridized carbons (Fsp3) is 0.429. The van der Waals surface area contributed by atoms with E-state index < -0.39 is 5.97 Å². The molecule has 0 unspecified atom stereocenters. The van der Waals surface area contributed by atoms with Gasteiger partial charge in [0.25, 0.3) is 0 Å². The molecule has 0 fully saturated rings. The molecule has 0 radical (unpaired) electrons. The maximum atomic E-state index is 11.9. The van der Waals surface area contributed by atoms with Crippen LogP contribution in [0, 0.1) is 0 Å². The molecule has 0 heterocycles. The quantitative estimate of drug-likeness (QED) is 0.442. The Balaban J connectivity index is 3.04. The standard InChI is InChI=1S/C14H20N2O5S/c1-18-6-5-15-14(22)16-10-8-12(20-3)11(19-2)7-9(10)13(17)21-4/h7-8H,5-6H2,1-4H3,(H2,15,16,22). The number of esters is 1. The molecule has 1 rings (SSSR count). The van der Waals surface area contributed by atoms with Crippen molar-refractivity contribution >= 4 is 29.0 Å². The fourth-order valence-corrected chi connectivity index (χ4v) is 1.91. The first-order chi connectivity index (χ1) is 10.6. The summed E-state index contributed by atoms with van der Waals surface area (Å²) in [5, 5.41) is 6.25. The summed E-state index contributed by atoms with van der Waals surface area (Å²) >= 11 is 5.17. The molecule has 8 heteroatoms. The molecule has 0 saturated heterocycles. The van der Waals surface area contributed by atoms with Crippen LogP contribution in [0.2, 0.25) is 0 Å². The second-order valence-electron chi connectivity index (χ2n) is 4.12. The zero-order chi connectivity index (χ0) is 16.5. The molecule has 0 amide bonds. The number of nitrogens with one attached hydrogen (secondary N) is 2. The number of ether oxygens (including phenoxy) is 4. The first-order valence-electron chi connectivity index (χ1n) is 6.45. The number of benzene rings is 1. The number of methoxy groups -OCH3 is 4. The summed E-state index contributed by atoms with van der Waals surface area (Å²) in [5.74, 6) is 0.382. The number of carbonyl (C=O) groups is 1. The maximum absolute atomic E-state index is 11.9. The molecule has 0 aromatic heterocycles. The van der Waals surface area contributed by atoms with E-state index in [1.807, 2.05) is 0 Å². The molecule has 1 aromatic carbocycles. The average Bonchev–Trinajstić information content (AvgIpc) is 2.53. The minimum atomic E-state index is -0.511. The van der Waals surface area contributed by atoms with Crippen LogP contribution in [0.15, 0.2) is 12.1 Å². The van der Waals surface area contributed by atoms with Gasteiger partial charge >= 0.3 is 5.97 Å². The highest BCUT2D eigenvalue weighted by molar-refractivity contribution is 7.80. The van der Waals surface area contributed by atoms with Crippen LogP contribution in [0.1, 0.15) is 10.4 Å². The largest absolute Gasteiger partial charge is 0.493 e. The Kier molecular flexibility index (Phi) is 7.41. The predicted octanol–water partition coefficient (Wildman–Crippen LogP) is 1.42. The van der Waals surface area contributed by atoms with Crippen molar-refractivity contribution in [1.82, 2.24) is 5.32 Å². The van der Waals surface area contributed by atoms with Crippen molar-refractivity contribution < 1.29 is 23.7 Å². The fourth-order valence-electron chi connectivity index (χ4n) is 1.69. The van der Waals surface area contributed by atoms with Crippen molar-refractivity contribution in [2.45, 2.75) is 0 Å². The summed E-state index contributed by atoms with van der Waals surface area (Å²) < 4.78 is 20.1. The third kappa shape index (κ3) is 4.74. The second-order valence-corrected chi connectivity index (χ2v) is 4.53. The zero-order valence-corrected chi connectivity index (χ0v) is 13.8. The molecule has 1 aromatic rings. The van der Waals surface area contributed by atoms with Crippen LogP contribution < -0.4 is 20.1 Å². The average molecular weight is 328 g/mol. The molecule has 2 N–H and O–H groups in total. The normalized spacial score (nSPS) is 9.82. The molecule has 0 aliphatic rings. The van der Waals surface area contributed by atoms with E-state index in [2.05, 4.69) is 10.6 Å². The van der Waals surface area contributed by atoms with E-state index in [9.17, 15) is 4.79 Å². The third-order valence-corrected chi connectivity index (χ3v) is 3.02. The Morgan fingerprint density at radius 2 is 1.77 bits per heavy atom. The molecular weight excluding hydrogens is 308 g/mol. The van der Waals surface area contributed by atoms with E-state index in [-0.39, 0.29) is 5.56 Å². The lowest BCUT2D eigenvalue weighted by Crippen LogP contribution is -2.31. The van der Waals surface area contributed by atoms with Crippen LogP contribution in [0.4, 0.5) is 5.69 Å². The molecule has 0 atom stereocenters. The Hall–Kier alpha value is -2.06. The summed E-state index contributed by atoms with van der Waals surface area (Å²) in [5.41, 5.74) is 0.746. The number of hydrogen-bond donors (Lipinski definition) is 2. The minimum absolute atomic E-state index is 0.288. The van der Waals surface area contributed by atoms with Gasteiger partial charge in [-0.3, -0.25) is 0 Å². The molecular formula is C14H20N2O5S. The topological polar surface area (TPSA) is 78.0 Å². The van der Waals surface area contributed by atoms with Crippen LogP contribution in [-0.4, -0.2) is 52.7 Å². The monoisotopic (exact) mass is 328 g/mol. The molecule has 22 heavy (non-hydrogen) atoms. The van der Waals surface area contributed by atoms with E-state index in [4.69, 9.17) is 31.2 Å². The summed E-state index contributed by atoms with van der Waals surface area (Å²) in [6.45, 7) is 1.06. The van der Waals surface area contributed by atoms with Gasteiger partial charge in [0.1, 0.15) is 0 Å². The van der Waals surface area contributed by atoms with Crippen LogP contribution in [0.5, 0.6) is 11.5 Å². The first-order valence-corrected chi connectivity index (χ1v) is 6.86. The lowest BCUT2D eigenvalue weighted by molar-refractivity contribution is 0.0601. The van der Waals surface area contributed by atoms with E-state index in [1.165, 1.54) is 27.4 Å². The van der Waals surface area contributed by atoms with Gasteiger partial charge in [-0.25, -0.2) is 4.79 Å². The van der Waals surface area contributed by atoms with Gasteiger partial charge in [-0.15, -0.1) is 0 Å². The van der Waals surface area contributed by atoms with E-state index in [0.29, 0.717) is 35.5 Å². The number of anilines is 1. The molecule has 122 valence electrons. The highest BCUT2D eigenvalue weighted by atomic mass is 32.1. The number of hydrogen-bond acceptors (Lipinski definition) is 6. The number of thiocarbonyl (C=S) groups is 1. The van der Waals surface area contributed by atoms with Gasteiger partial charge in [0.15, 0.2) is 16.6 Å². The van der Waals surface area contributed by atoms with Gasteiger partial charge < -0.3 is 29.6 Å². The smallest absolute Gasteiger partial charge is 0.340 e. The van der Waals surface area contributed by atoms with Gasteiger partial charge in [-0.05, 0) is 12.2 Å². The minimum Gasteiger partial charge on any atom is -0.493 e. The lowest BCUT2D eigenvalue weighted by Gasteiger charge is -2.16. The van der Waals surface area contributed by atoms with Crippen molar-refractivity contribution in [3.8, 4) is 11.5 Å². The van der Waals surface area contributed by atoms with E-state index in [1.54, 1.807) is 13.2 Å². The van der Waals surface area contributed by atoms with Crippen molar-refractivity contribution in [3.63, 3.8) is 0 Å². The van der Waals surface area contributed by atoms with Gasteiger partial charge in [-0.2, -0.15) is 0 Å². The van der Waals surface area contributed by atoms with Crippen LogP contribution in [-0.2, 0) is 9.47 Å². The van der Waals surface area contributed by atoms with Crippen molar-refractivity contribution in [1.29, 1.82) is 0 Å². The second kappa shape index (κ2) is 9.06. The Labute approximate surface area is 134 Å². The molecule has 0 aliphatic heterocycles. The van der Waals surface area contributed by atoms with Crippen molar-refractivity contribution in [3.05, 3.63) is 17.7 Å². The number of carbonyl (C=O) groups excluding carboxylic acids is 1. The summed E-state index contributed by atoms with van der Waals surface area (Å²) in [7, 11) is 5.90. The van der Waals surface area contributed by atoms with Crippen LogP contribution in [0.25, 0.3) is 0 Å². The lowest BCUT2D eigenvalue weighted by atomic mass is 10.1. The van der Waals surface area contributed by atoms with Crippen molar-refractivity contribution in [2.24, 2.45) is 0 Å². The summed E-state index contributed by atoms with van der Waals surface area (Å²) in [4.78, 5) is 11.9. The van der Waals surface area contributed by atoms with Crippen molar-refractivity contribution in [2.75, 3.05) is 46.9 Å². The van der Waals surface area contributed by atoms with Gasteiger partial charge in [0, 0.05) is 25.8 Å². The number of rotatable bonds is 7. The summed E-state index contributed by atoms with van der Waals surface area (Å²) in [6.07, 6.45) is 0. The Morgan fingerprint density at radius 3 is 2.32 bits per heavy atom. The van der Waals surface area contributed by atoms with Crippen LogP contribution >= 0.6 is 12.2 Å². The van der Waals surface area contributed by atoms with Gasteiger partial charge in [-0.1, -0.05) is 0 Å². The molecule has 0 aliphatic carbocycles. The highest BCUT2D eigenvalue weighted by Gasteiger charge is 2.18. The van der Waals surface area contributed by atoms with E-state index >= 15 is 0 Å². The maximum Gasteiger partial charge on any atom is 0.340 e. The Morgan fingerprint density at radius 1 is 1.14 bits per heavy atom. The third-order valence-electron chi connectivity index (χ3n) is 2.77. The van der Waals surface area contributed by atoms with Gasteiger partial charge in [0.05, 0.1) is 39.2 Å². The zero-order valence-electron chi connectivity index (χ0n) is 13.0.